The van der Waals surface area contributed by atoms with E-state index in [0.717, 1.165) is 5.01 Å². The van der Waals surface area contributed by atoms with Crippen molar-refractivity contribution in [1.29, 1.82) is 0 Å². The highest BCUT2D eigenvalue weighted by Gasteiger charge is 2.32. The minimum Gasteiger partial charge on any atom is -0.502 e. The largest absolute Gasteiger partial charge is 0.502 e. The van der Waals surface area contributed by atoms with Crippen LogP contribution in [-0.4, -0.2) is 37.6 Å². The molecule has 0 saturated carbocycles. The number of anilines is 1. The van der Waals surface area contributed by atoms with E-state index < -0.39 is 5.91 Å². The molecule has 2 aromatic rings. The fourth-order valence-corrected chi connectivity index (χ4v) is 2.68. The molecule has 0 bridgehead atoms. The van der Waals surface area contributed by atoms with E-state index in [1.165, 1.54) is 20.3 Å². The van der Waals surface area contributed by atoms with E-state index >= 15 is 0 Å². The minimum atomic E-state index is -0.432. The molecular weight excluding hydrogens is 376 g/mol. The van der Waals surface area contributed by atoms with Crippen LogP contribution in [0, 0.1) is 0 Å². The first kappa shape index (κ1) is 19.7. The number of carbonyl (C=O) groups is 2. The van der Waals surface area contributed by atoms with Crippen LogP contribution in [0.1, 0.15) is 5.56 Å². The van der Waals surface area contributed by atoms with Gasteiger partial charge in [0.15, 0.2) is 11.5 Å². The maximum absolute atomic E-state index is 12.7. The topological polar surface area (TPSA) is 97.7 Å². The van der Waals surface area contributed by atoms with Crippen molar-refractivity contribution in [2.24, 2.45) is 5.10 Å². The van der Waals surface area contributed by atoms with Crippen molar-refractivity contribution in [2.45, 2.75) is 0 Å². The molecule has 0 atom stereocenters. The van der Waals surface area contributed by atoms with E-state index in [9.17, 15) is 14.7 Å². The number of ether oxygens (including phenoxy) is 3. The van der Waals surface area contributed by atoms with Crippen LogP contribution in [0.5, 0.6) is 17.2 Å². The number of phenolic OH excluding ortho intramolecular Hbond substituents is 1. The number of amides is 1. The average Bonchev–Trinajstić information content (AvgIpc) is 3.05. The number of methoxy groups -OCH3 is 2. The van der Waals surface area contributed by atoms with Gasteiger partial charge in [0.2, 0.25) is 5.75 Å². The second kappa shape index (κ2) is 8.75. The van der Waals surface area contributed by atoms with Gasteiger partial charge in [-0.2, -0.15) is 5.01 Å². The minimum absolute atomic E-state index is 0.0978. The lowest BCUT2D eigenvalue weighted by atomic mass is 10.1. The van der Waals surface area contributed by atoms with Crippen molar-refractivity contribution in [2.75, 3.05) is 19.2 Å². The molecule has 0 radical (unpaired) electrons. The number of para-hydroxylation sites is 1. The van der Waals surface area contributed by atoms with Gasteiger partial charge in [0.1, 0.15) is 5.57 Å². The van der Waals surface area contributed by atoms with Gasteiger partial charge in [0.25, 0.3) is 18.3 Å². The summed E-state index contributed by atoms with van der Waals surface area (Å²) in [7, 11) is 2.86. The number of aromatic hydroxyl groups is 1. The number of phenols is 1. The molecule has 3 rings (SSSR count). The Bertz CT molecular complexity index is 986. The molecule has 29 heavy (non-hydrogen) atoms. The van der Waals surface area contributed by atoms with Gasteiger partial charge < -0.3 is 19.3 Å². The van der Waals surface area contributed by atoms with Crippen LogP contribution in [0.25, 0.3) is 6.08 Å². The molecule has 8 heteroatoms. The molecule has 0 spiro atoms. The van der Waals surface area contributed by atoms with Gasteiger partial charge >= 0.3 is 0 Å². The lowest BCUT2D eigenvalue weighted by Crippen LogP contribution is -2.21. The zero-order valence-electron chi connectivity index (χ0n) is 15.7. The maximum Gasteiger partial charge on any atom is 0.299 e. The first-order valence-electron chi connectivity index (χ1n) is 8.51. The second-order valence-electron chi connectivity index (χ2n) is 5.79. The van der Waals surface area contributed by atoms with Crippen molar-refractivity contribution in [3.05, 3.63) is 65.8 Å². The molecule has 0 unspecified atom stereocenters. The standard InChI is InChI=1S/C21H18N2O6/c1-27-17-11-14(12-18(28-2)19(17)25)7-6-10-16-20(29-13-24)22-23(21(16)26)15-8-4-3-5-9-15/h3-13,25H,1-2H3/b7-6+,16-10-. The van der Waals surface area contributed by atoms with Gasteiger partial charge in [-0.25, -0.2) is 0 Å². The Kier molecular flexibility index (Phi) is 5.94. The Morgan fingerprint density at radius 3 is 2.31 bits per heavy atom. The summed E-state index contributed by atoms with van der Waals surface area (Å²) in [5.41, 5.74) is 1.33. The van der Waals surface area contributed by atoms with Gasteiger partial charge in [-0.15, -0.1) is 5.10 Å². The lowest BCUT2D eigenvalue weighted by molar-refractivity contribution is -0.121. The second-order valence-corrected chi connectivity index (χ2v) is 5.79. The third-order valence-corrected chi connectivity index (χ3v) is 4.06. The van der Waals surface area contributed by atoms with Crippen LogP contribution >= 0.6 is 0 Å². The molecule has 1 N–H and O–H groups in total. The summed E-state index contributed by atoms with van der Waals surface area (Å²) in [6.07, 6.45) is 4.75. The van der Waals surface area contributed by atoms with Crippen LogP contribution in [0.2, 0.25) is 0 Å². The highest BCUT2D eigenvalue weighted by atomic mass is 16.5. The molecular formula is C21H18N2O6. The van der Waals surface area contributed by atoms with Crippen LogP contribution in [0.3, 0.4) is 0 Å². The van der Waals surface area contributed by atoms with Crippen molar-refractivity contribution in [3.63, 3.8) is 0 Å². The predicted molar refractivity (Wildman–Crippen MR) is 107 cm³/mol. The van der Waals surface area contributed by atoms with E-state index in [1.54, 1.807) is 48.6 Å². The molecule has 1 amide bonds. The zero-order valence-corrected chi connectivity index (χ0v) is 15.7. The number of carbonyl (C=O) groups excluding carboxylic acids is 2. The van der Waals surface area contributed by atoms with Crippen LogP contribution in [0.4, 0.5) is 5.69 Å². The summed E-state index contributed by atoms with van der Waals surface area (Å²) in [6, 6.07) is 12.0. The Hall–Kier alpha value is -4.07. The van der Waals surface area contributed by atoms with E-state index in [0.29, 0.717) is 11.3 Å². The lowest BCUT2D eigenvalue weighted by Gasteiger charge is -2.10. The average molecular weight is 394 g/mol. The molecule has 2 aromatic carbocycles. The molecule has 8 nitrogen and oxygen atoms in total. The highest BCUT2D eigenvalue weighted by molar-refractivity contribution is 6.28. The monoisotopic (exact) mass is 394 g/mol. The van der Waals surface area contributed by atoms with Crippen molar-refractivity contribution in [1.82, 2.24) is 0 Å². The number of nitrogens with zero attached hydrogens (tertiary/aromatic N) is 2. The number of rotatable bonds is 6. The van der Waals surface area contributed by atoms with E-state index in [2.05, 4.69) is 5.10 Å². The predicted octanol–water partition coefficient (Wildman–Crippen LogP) is 2.88. The van der Waals surface area contributed by atoms with E-state index in [-0.39, 0.29) is 35.2 Å². The number of allylic oxidation sites excluding steroid dienone is 2. The summed E-state index contributed by atoms with van der Waals surface area (Å²) >= 11 is 0. The molecule has 0 aromatic heterocycles. The Balaban J connectivity index is 1.90. The molecule has 0 aliphatic carbocycles. The Morgan fingerprint density at radius 2 is 1.72 bits per heavy atom. The molecule has 148 valence electrons. The van der Waals surface area contributed by atoms with E-state index in [4.69, 9.17) is 14.2 Å². The third-order valence-electron chi connectivity index (χ3n) is 4.06. The van der Waals surface area contributed by atoms with Gasteiger partial charge in [0.05, 0.1) is 19.9 Å². The van der Waals surface area contributed by atoms with Crippen LogP contribution < -0.4 is 14.5 Å². The van der Waals surface area contributed by atoms with Crippen molar-refractivity contribution < 1.29 is 28.9 Å². The normalized spacial score (nSPS) is 15.0. The number of benzene rings is 2. The highest BCUT2D eigenvalue weighted by Crippen LogP contribution is 2.37. The number of hydrogen-bond donors (Lipinski definition) is 1. The molecule has 0 fully saturated rings. The SMILES string of the molecule is COc1cc(/C=C/C=C2\C(=O)N(c3ccccc3)N=C2OC=O)cc(OC)c1O. The van der Waals surface area contributed by atoms with Gasteiger partial charge in [-0.05, 0) is 35.9 Å². The molecule has 0 saturated heterocycles. The number of hydrazone groups is 1. The summed E-state index contributed by atoms with van der Waals surface area (Å²) in [5, 5.41) is 15.2. The summed E-state index contributed by atoms with van der Waals surface area (Å²) < 4.78 is 15.1. The summed E-state index contributed by atoms with van der Waals surface area (Å²) in [4.78, 5) is 23.5. The first-order valence-corrected chi connectivity index (χ1v) is 8.51. The van der Waals surface area contributed by atoms with Gasteiger partial charge in [0, 0.05) is 0 Å². The van der Waals surface area contributed by atoms with E-state index in [1.807, 2.05) is 6.07 Å². The van der Waals surface area contributed by atoms with Gasteiger partial charge in [-0.3, -0.25) is 9.59 Å². The van der Waals surface area contributed by atoms with Gasteiger partial charge in [-0.1, -0.05) is 30.4 Å². The number of hydrogen-bond acceptors (Lipinski definition) is 7. The summed E-state index contributed by atoms with van der Waals surface area (Å²) in [6.45, 7) is 0.216. The summed E-state index contributed by atoms with van der Waals surface area (Å²) in [5.74, 6) is -0.146. The van der Waals surface area contributed by atoms with Crippen molar-refractivity contribution >= 4 is 30.0 Å². The van der Waals surface area contributed by atoms with Crippen LogP contribution in [0.15, 0.2) is 65.3 Å². The maximum atomic E-state index is 12.7. The fourth-order valence-electron chi connectivity index (χ4n) is 2.68. The quantitative estimate of drug-likeness (QED) is 0.598. The molecule has 1 aliphatic rings. The first-order chi connectivity index (χ1) is 14.1. The fraction of sp³-hybridized carbons (Fsp3) is 0.0952. The van der Waals surface area contributed by atoms with Crippen LogP contribution in [-0.2, 0) is 14.3 Å². The Morgan fingerprint density at radius 1 is 1.07 bits per heavy atom. The molecule has 1 aliphatic heterocycles. The smallest absolute Gasteiger partial charge is 0.299 e. The van der Waals surface area contributed by atoms with Crippen molar-refractivity contribution in [3.8, 4) is 17.2 Å². The molecule has 1 heterocycles. The Labute approximate surface area is 166 Å². The zero-order chi connectivity index (χ0) is 20.8. The third kappa shape index (κ3) is 4.11.